The van der Waals surface area contributed by atoms with E-state index in [0.29, 0.717) is 12.5 Å². The van der Waals surface area contributed by atoms with Crippen LogP contribution < -0.4 is 4.72 Å². The van der Waals surface area contributed by atoms with Crippen molar-refractivity contribution in [1.82, 2.24) is 9.62 Å². The largest absolute Gasteiger partial charge is 0.438 e. The van der Waals surface area contributed by atoms with Gasteiger partial charge in [-0.25, -0.2) is 13.1 Å². The number of rotatable bonds is 5. The van der Waals surface area contributed by atoms with E-state index in [1.807, 2.05) is 0 Å². The summed E-state index contributed by atoms with van der Waals surface area (Å²) in [5.74, 6) is 0.300. The Bertz CT molecular complexity index is 667. The number of carbonyl (C=O) groups is 1. The van der Waals surface area contributed by atoms with Crippen molar-refractivity contribution in [3.8, 4) is 0 Å². The normalized spacial score (nSPS) is 17.0. The molecule has 24 heavy (non-hydrogen) atoms. The van der Waals surface area contributed by atoms with Crippen LogP contribution in [0.2, 0.25) is 0 Å². The first-order chi connectivity index (χ1) is 11.1. The Morgan fingerprint density at radius 3 is 2.46 bits per heavy atom. The summed E-state index contributed by atoms with van der Waals surface area (Å²) in [4.78, 5) is 14.1. The average molecular weight is 356 g/mol. The molecule has 0 radical (unpaired) electrons. The highest BCUT2D eigenvalue weighted by molar-refractivity contribution is 7.89. The van der Waals surface area contributed by atoms with E-state index in [-0.39, 0.29) is 16.8 Å². The summed E-state index contributed by atoms with van der Waals surface area (Å²) in [6.45, 7) is 5.92. The molecule has 1 aliphatic rings. The van der Waals surface area contributed by atoms with E-state index in [0.717, 1.165) is 12.8 Å². The quantitative estimate of drug-likeness (QED) is 0.879. The van der Waals surface area contributed by atoms with Crippen molar-refractivity contribution in [1.29, 1.82) is 0 Å². The summed E-state index contributed by atoms with van der Waals surface area (Å²) in [5, 5.41) is -0.230. The molecule has 1 amide bonds. The predicted octanol–water partition coefficient (Wildman–Crippen LogP) is 3.01. The molecule has 1 fully saturated rings. The topological polar surface area (TPSA) is 79.6 Å². The standard InChI is InChI=1S/C17H28N2O4S/c1-17(2,3)18-24(21,22)15-11-10-14(23-15)16(20)19(4)12-13-8-6-5-7-9-13/h10-11,13,18H,5-9,12H2,1-4H3. The van der Waals surface area contributed by atoms with Gasteiger partial charge < -0.3 is 9.32 Å². The van der Waals surface area contributed by atoms with Crippen LogP contribution in [0.3, 0.4) is 0 Å². The molecule has 1 aliphatic carbocycles. The monoisotopic (exact) mass is 356 g/mol. The van der Waals surface area contributed by atoms with Gasteiger partial charge in [0.1, 0.15) is 0 Å². The van der Waals surface area contributed by atoms with Crippen LogP contribution in [-0.2, 0) is 10.0 Å². The maximum Gasteiger partial charge on any atom is 0.289 e. The molecule has 1 N–H and O–H groups in total. The van der Waals surface area contributed by atoms with Crippen LogP contribution in [0.5, 0.6) is 0 Å². The van der Waals surface area contributed by atoms with Gasteiger partial charge in [-0.05, 0) is 51.7 Å². The van der Waals surface area contributed by atoms with Crippen molar-refractivity contribution in [3.05, 3.63) is 17.9 Å². The maximum atomic E-state index is 12.5. The fraction of sp³-hybridized carbons (Fsp3) is 0.706. The summed E-state index contributed by atoms with van der Waals surface area (Å²) >= 11 is 0. The number of carbonyl (C=O) groups excluding carboxylic acids is 1. The molecular formula is C17H28N2O4S. The number of nitrogens with one attached hydrogen (secondary N) is 1. The second-order valence-electron chi connectivity index (χ2n) is 7.66. The Hall–Kier alpha value is -1.34. The highest BCUT2D eigenvalue weighted by atomic mass is 32.2. The molecule has 0 aliphatic heterocycles. The predicted molar refractivity (Wildman–Crippen MR) is 92.3 cm³/mol. The van der Waals surface area contributed by atoms with Crippen LogP contribution >= 0.6 is 0 Å². The van der Waals surface area contributed by atoms with E-state index in [9.17, 15) is 13.2 Å². The molecule has 6 nitrogen and oxygen atoms in total. The van der Waals surface area contributed by atoms with Crippen molar-refractivity contribution in [3.63, 3.8) is 0 Å². The fourth-order valence-electron chi connectivity index (χ4n) is 3.06. The van der Waals surface area contributed by atoms with Crippen molar-refractivity contribution in [2.24, 2.45) is 5.92 Å². The Morgan fingerprint density at radius 1 is 1.25 bits per heavy atom. The Kier molecular flexibility index (Phi) is 5.75. The fourth-order valence-corrected chi connectivity index (χ4v) is 4.41. The van der Waals surface area contributed by atoms with Crippen molar-refractivity contribution in [2.75, 3.05) is 13.6 Å². The minimum atomic E-state index is -3.77. The SMILES string of the molecule is CN(CC1CCCCC1)C(=O)c1ccc(S(=O)(=O)NC(C)(C)C)o1. The van der Waals surface area contributed by atoms with E-state index < -0.39 is 15.6 Å². The van der Waals surface area contributed by atoms with E-state index in [1.165, 1.54) is 31.4 Å². The van der Waals surface area contributed by atoms with Gasteiger partial charge in [-0.1, -0.05) is 19.3 Å². The maximum absolute atomic E-state index is 12.5. The number of sulfonamides is 1. The van der Waals surface area contributed by atoms with E-state index in [1.54, 1.807) is 32.7 Å². The van der Waals surface area contributed by atoms with E-state index >= 15 is 0 Å². The van der Waals surface area contributed by atoms with Crippen LogP contribution in [0, 0.1) is 5.92 Å². The highest BCUT2D eigenvalue weighted by Gasteiger charge is 2.27. The van der Waals surface area contributed by atoms with Crippen LogP contribution in [0.15, 0.2) is 21.6 Å². The number of hydrogen-bond acceptors (Lipinski definition) is 4. The highest BCUT2D eigenvalue weighted by Crippen LogP contribution is 2.25. The third kappa shape index (κ3) is 5.08. The first-order valence-electron chi connectivity index (χ1n) is 8.48. The number of amides is 1. The molecule has 0 aromatic carbocycles. The molecule has 1 heterocycles. The number of hydrogen-bond donors (Lipinski definition) is 1. The zero-order valence-electron chi connectivity index (χ0n) is 15.0. The van der Waals surface area contributed by atoms with Gasteiger partial charge in [0.2, 0.25) is 5.09 Å². The van der Waals surface area contributed by atoms with Crippen molar-refractivity contribution >= 4 is 15.9 Å². The molecule has 0 atom stereocenters. The summed E-state index contributed by atoms with van der Waals surface area (Å²) < 4.78 is 32.3. The molecule has 1 aromatic rings. The smallest absolute Gasteiger partial charge is 0.289 e. The first-order valence-corrected chi connectivity index (χ1v) is 9.96. The molecule has 0 unspecified atom stereocenters. The third-order valence-electron chi connectivity index (χ3n) is 4.10. The summed E-state index contributed by atoms with van der Waals surface area (Å²) in [7, 11) is -2.03. The van der Waals surface area contributed by atoms with Gasteiger partial charge in [0.15, 0.2) is 5.76 Å². The van der Waals surface area contributed by atoms with Crippen LogP contribution in [0.25, 0.3) is 0 Å². The Morgan fingerprint density at radius 2 is 1.88 bits per heavy atom. The van der Waals surface area contributed by atoms with Gasteiger partial charge in [0, 0.05) is 19.1 Å². The minimum absolute atomic E-state index is 0.0580. The van der Waals surface area contributed by atoms with Crippen molar-refractivity contribution in [2.45, 2.75) is 63.5 Å². The number of furan rings is 1. The molecule has 1 aromatic heterocycles. The van der Waals surface area contributed by atoms with Crippen LogP contribution in [-0.4, -0.2) is 38.4 Å². The Labute approximate surface area is 144 Å². The zero-order chi connectivity index (χ0) is 18.0. The lowest BCUT2D eigenvalue weighted by molar-refractivity contribution is 0.0723. The van der Waals surface area contributed by atoms with Gasteiger partial charge in [-0.2, -0.15) is 0 Å². The molecule has 2 rings (SSSR count). The number of nitrogens with zero attached hydrogens (tertiary/aromatic N) is 1. The minimum Gasteiger partial charge on any atom is -0.438 e. The van der Waals surface area contributed by atoms with Crippen molar-refractivity contribution < 1.29 is 17.6 Å². The summed E-state index contributed by atoms with van der Waals surface area (Å²) in [6.07, 6.45) is 5.99. The average Bonchev–Trinajstić information content (AvgIpc) is 2.95. The van der Waals surface area contributed by atoms with Gasteiger partial charge in [-0.15, -0.1) is 0 Å². The van der Waals surface area contributed by atoms with Crippen LogP contribution in [0.1, 0.15) is 63.4 Å². The first kappa shape index (κ1) is 19.0. The Balaban J connectivity index is 2.04. The van der Waals surface area contributed by atoms with E-state index in [2.05, 4.69) is 4.72 Å². The molecule has 7 heteroatoms. The lowest BCUT2D eigenvalue weighted by Gasteiger charge is -2.26. The second-order valence-corrected chi connectivity index (χ2v) is 9.28. The zero-order valence-corrected chi connectivity index (χ0v) is 15.8. The summed E-state index contributed by atoms with van der Waals surface area (Å²) in [6, 6.07) is 2.76. The molecule has 1 saturated carbocycles. The molecule has 0 spiro atoms. The third-order valence-corrected chi connectivity index (χ3v) is 5.73. The van der Waals surface area contributed by atoms with E-state index in [4.69, 9.17) is 4.42 Å². The van der Waals surface area contributed by atoms with Gasteiger partial charge in [0.25, 0.3) is 15.9 Å². The molecule has 0 saturated heterocycles. The van der Waals surface area contributed by atoms with Crippen LogP contribution in [0.4, 0.5) is 0 Å². The van der Waals surface area contributed by atoms with Gasteiger partial charge >= 0.3 is 0 Å². The second kappa shape index (κ2) is 7.27. The molecular weight excluding hydrogens is 328 g/mol. The summed E-state index contributed by atoms with van der Waals surface area (Å²) in [5.41, 5.74) is -0.617. The van der Waals surface area contributed by atoms with Gasteiger partial charge in [-0.3, -0.25) is 4.79 Å². The van der Waals surface area contributed by atoms with Gasteiger partial charge in [0.05, 0.1) is 0 Å². The molecule has 0 bridgehead atoms. The lowest BCUT2D eigenvalue weighted by atomic mass is 9.89. The lowest BCUT2D eigenvalue weighted by Crippen LogP contribution is -2.40. The molecule has 136 valence electrons.